The molecule has 35 heavy (non-hydrogen) atoms. The maximum absolute atomic E-state index is 13.3. The van der Waals surface area contributed by atoms with E-state index in [1.807, 2.05) is 33.5 Å². The fourth-order valence-corrected chi connectivity index (χ4v) is 4.50. The van der Waals surface area contributed by atoms with Gasteiger partial charge in [0.1, 0.15) is 5.82 Å². The van der Waals surface area contributed by atoms with Crippen LogP contribution in [0.25, 0.3) is 11.4 Å². The van der Waals surface area contributed by atoms with Crippen molar-refractivity contribution in [3.8, 4) is 28.6 Å². The summed E-state index contributed by atoms with van der Waals surface area (Å²) < 4.78 is 34.1. The summed E-state index contributed by atoms with van der Waals surface area (Å²) in [6.45, 7) is 8.32. The van der Waals surface area contributed by atoms with Crippen LogP contribution in [-0.2, 0) is 13.2 Å². The Hall–Kier alpha value is -3.37. The molecule has 2 heterocycles. The summed E-state index contributed by atoms with van der Waals surface area (Å²) in [5.41, 5.74) is 1.83. The van der Waals surface area contributed by atoms with Crippen LogP contribution >= 0.6 is 12.2 Å². The summed E-state index contributed by atoms with van der Waals surface area (Å²) >= 11 is 5.79. The minimum atomic E-state index is -0.222. The van der Waals surface area contributed by atoms with E-state index in [4.69, 9.17) is 31.5 Å². The van der Waals surface area contributed by atoms with E-state index >= 15 is 0 Å². The van der Waals surface area contributed by atoms with Crippen LogP contribution in [0.3, 0.4) is 0 Å². The van der Waals surface area contributed by atoms with Gasteiger partial charge in [-0.2, -0.15) is 5.10 Å². The normalized spacial score (nSPS) is 14.1. The number of hydrogen-bond acceptors (Lipinski definition) is 7. The lowest BCUT2D eigenvalue weighted by molar-refractivity contribution is 0.194. The molecule has 3 aromatic rings. The van der Waals surface area contributed by atoms with Crippen molar-refractivity contribution in [1.29, 1.82) is 0 Å². The largest absolute Gasteiger partial charge is 0.493 e. The molecule has 0 saturated carbocycles. The molecule has 1 saturated heterocycles. The minimum absolute atomic E-state index is 0.222. The van der Waals surface area contributed by atoms with E-state index in [1.54, 1.807) is 27.4 Å². The first-order valence-corrected chi connectivity index (χ1v) is 11.7. The van der Waals surface area contributed by atoms with Crippen molar-refractivity contribution in [2.45, 2.75) is 13.2 Å². The van der Waals surface area contributed by atoms with Crippen molar-refractivity contribution in [1.82, 2.24) is 19.2 Å². The zero-order valence-corrected chi connectivity index (χ0v) is 21.1. The van der Waals surface area contributed by atoms with Crippen LogP contribution in [-0.4, -0.2) is 66.8 Å². The van der Waals surface area contributed by atoms with Gasteiger partial charge in [-0.1, -0.05) is 6.08 Å². The number of rotatable bonds is 9. The van der Waals surface area contributed by atoms with Crippen molar-refractivity contribution in [3.63, 3.8) is 0 Å². The van der Waals surface area contributed by atoms with Gasteiger partial charge in [0.25, 0.3) is 0 Å². The van der Waals surface area contributed by atoms with Gasteiger partial charge in [0.05, 0.1) is 28.0 Å². The van der Waals surface area contributed by atoms with Crippen LogP contribution in [0.4, 0.5) is 10.1 Å². The second-order valence-electron chi connectivity index (χ2n) is 8.14. The molecule has 8 nitrogen and oxygen atoms in total. The van der Waals surface area contributed by atoms with E-state index in [2.05, 4.69) is 16.4 Å². The summed E-state index contributed by atoms with van der Waals surface area (Å²) in [4.78, 5) is 4.56. The number of hydrogen-bond donors (Lipinski definition) is 0. The molecule has 0 atom stereocenters. The van der Waals surface area contributed by atoms with Gasteiger partial charge in [-0.05, 0) is 48.6 Å². The zero-order chi connectivity index (χ0) is 24.9. The minimum Gasteiger partial charge on any atom is -0.493 e. The number of benzene rings is 2. The average molecular weight is 500 g/mol. The van der Waals surface area contributed by atoms with Crippen LogP contribution < -0.4 is 19.1 Å². The summed E-state index contributed by atoms with van der Waals surface area (Å²) in [7, 11) is 4.74. The third-order valence-corrected chi connectivity index (χ3v) is 6.49. The first-order valence-electron chi connectivity index (χ1n) is 11.3. The fraction of sp³-hybridized carbons (Fsp3) is 0.360. The molecule has 0 N–H and O–H groups in total. The van der Waals surface area contributed by atoms with Crippen LogP contribution in [0, 0.1) is 10.6 Å². The molecular formula is C25H30FN5O3S. The number of aromatic nitrogens is 3. The van der Waals surface area contributed by atoms with E-state index in [-0.39, 0.29) is 5.82 Å². The molecule has 0 spiro atoms. The smallest absolute Gasteiger partial charge is 0.203 e. The zero-order valence-electron chi connectivity index (χ0n) is 20.2. The highest BCUT2D eigenvalue weighted by atomic mass is 32.1. The van der Waals surface area contributed by atoms with E-state index in [1.165, 1.54) is 12.1 Å². The monoisotopic (exact) mass is 499 g/mol. The highest BCUT2D eigenvalue weighted by Crippen LogP contribution is 2.41. The van der Waals surface area contributed by atoms with Crippen molar-refractivity contribution >= 4 is 17.9 Å². The molecule has 4 rings (SSSR count). The third kappa shape index (κ3) is 5.18. The topological polar surface area (TPSA) is 56.9 Å². The van der Waals surface area contributed by atoms with E-state index < -0.39 is 0 Å². The fourth-order valence-electron chi connectivity index (χ4n) is 4.24. The molecule has 10 heteroatoms. The molecule has 0 aliphatic carbocycles. The number of allylic oxidation sites excluding steroid dienone is 1. The summed E-state index contributed by atoms with van der Waals surface area (Å²) in [6, 6.07) is 10.4. The van der Waals surface area contributed by atoms with Crippen LogP contribution in [0.15, 0.2) is 49.1 Å². The Labute approximate surface area is 209 Å². The highest BCUT2D eigenvalue weighted by Gasteiger charge is 2.22. The van der Waals surface area contributed by atoms with Gasteiger partial charge in [-0.3, -0.25) is 9.47 Å². The second kappa shape index (κ2) is 10.9. The van der Waals surface area contributed by atoms with Gasteiger partial charge in [-0.15, -0.1) is 6.58 Å². The molecule has 1 aliphatic heterocycles. The van der Waals surface area contributed by atoms with Crippen molar-refractivity contribution < 1.29 is 18.6 Å². The number of halogens is 1. The van der Waals surface area contributed by atoms with Gasteiger partial charge >= 0.3 is 0 Å². The lowest BCUT2D eigenvalue weighted by Crippen LogP contribution is -2.47. The Morgan fingerprint density at radius 3 is 2.17 bits per heavy atom. The predicted octanol–water partition coefficient (Wildman–Crippen LogP) is 4.21. The lowest BCUT2D eigenvalue weighted by atomic mass is 10.1. The molecule has 1 fully saturated rings. The second-order valence-corrected chi connectivity index (χ2v) is 8.51. The number of nitrogens with zero attached hydrogens (tertiary/aromatic N) is 5. The predicted molar refractivity (Wildman–Crippen MR) is 137 cm³/mol. The van der Waals surface area contributed by atoms with Gasteiger partial charge < -0.3 is 19.1 Å². The Morgan fingerprint density at radius 1 is 1.00 bits per heavy atom. The molecule has 2 aromatic carbocycles. The molecule has 0 amide bonds. The van der Waals surface area contributed by atoms with Gasteiger partial charge in [0, 0.05) is 44.0 Å². The molecule has 1 aromatic heterocycles. The maximum Gasteiger partial charge on any atom is 0.203 e. The third-order valence-electron chi connectivity index (χ3n) is 6.06. The molecule has 0 unspecified atom stereocenters. The molecule has 186 valence electrons. The number of anilines is 1. The first-order chi connectivity index (χ1) is 17.0. The van der Waals surface area contributed by atoms with Crippen LogP contribution in [0.2, 0.25) is 0 Å². The van der Waals surface area contributed by atoms with Crippen molar-refractivity contribution in [2.75, 3.05) is 52.4 Å². The highest BCUT2D eigenvalue weighted by molar-refractivity contribution is 7.71. The SMILES string of the molecule is C=CCn1c(-c2cc(OC)c(OC)c(OC)c2)nn(CN2CCN(c3ccc(F)cc3)CC2)c1=S. The summed E-state index contributed by atoms with van der Waals surface area (Å²) in [5.74, 6) is 2.08. The molecule has 1 aliphatic rings. The van der Waals surface area contributed by atoms with Gasteiger partial charge in [-0.25, -0.2) is 9.07 Å². The molecule has 0 bridgehead atoms. The maximum atomic E-state index is 13.3. The van der Waals surface area contributed by atoms with E-state index in [0.717, 1.165) is 37.4 Å². The van der Waals surface area contributed by atoms with Crippen molar-refractivity contribution in [2.24, 2.45) is 0 Å². The van der Waals surface area contributed by atoms with Crippen LogP contribution in [0.1, 0.15) is 0 Å². The lowest BCUT2D eigenvalue weighted by Gasteiger charge is -2.35. The number of piperazine rings is 1. The first kappa shape index (κ1) is 24.7. The Balaban J connectivity index is 1.58. The average Bonchev–Trinajstić information content (AvgIpc) is 3.19. The summed E-state index contributed by atoms with van der Waals surface area (Å²) in [5, 5.41) is 4.86. The quantitative estimate of drug-likeness (QED) is 0.323. The van der Waals surface area contributed by atoms with Gasteiger partial charge in [0.15, 0.2) is 22.1 Å². The van der Waals surface area contributed by atoms with Crippen molar-refractivity contribution in [3.05, 3.63) is 59.6 Å². The van der Waals surface area contributed by atoms with Crippen LogP contribution in [0.5, 0.6) is 17.2 Å². The molecular weight excluding hydrogens is 469 g/mol. The Bertz CT molecular complexity index is 1210. The Morgan fingerprint density at radius 2 is 1.63 bits per heavy atom. The van der Waals surface area contributed by atoms with E-state index in [9.17, 15) is 4.39 Å². The standard InChI is InChI=1S/C25H30FN5O3S/c1-5-10-30-24(18-15-21(32-2)23(34-4)22(16-18)33-3)27-31(25(30)35)17-28-11-13-29(14-12-28)20-8-6-19(26)7-9-20/h5-9,15-16H,1,10-14,17H2,2-4H3. The van der Waals surface area contributed by atoms with Gasteiger partial charge in [0.2, 0.25) is 5.75 Å². The number of methoxy groups -OCH3 is 3. The Kier molecular flexibility index (Phi) is 7.72. The molecule has 0 radical (unpaired) electrons. The van der Waals surface area contributed by atoms with E-state index in [0.29, 0.717) is 41.1 Å². The number of ether oxygens (including phenoxy) is 3. The summed E-state index contributed by atoms with van der Waals surface area (Å²) in [6.07, 6.45) is 1.80.